The molecule has 1 amide bonds. The number of carbonyl (C=O) groups is 1. The van der Waals surface area contributed by atoms with Crippen molar-refractivity contribution in [3.63, 3.8) is 0 Å². The highest BCUT2D eigenvalue weighted by atomic mass is 79.9. The molecular weight excluding hydrogens is 438 g/mol. The Hall–Kier alpha value is -2.85. The lowest BCUT2D eigenvalue weighted by molar-refractivity contribution is -0.386. The minimum atomic E-state index is -0.720. The number of phenolic OH excluding ortho intramolecular Hbond substituents is 1. The van der Waals surface area contributed by atoms with Gasteiger partial charge in [0.15, 0.2) is 10.9 Å². The van der Waals surface area contributed by atoms with Gasteiger partial charge in [0.1, 0.15) is 0 Å². The second kappa shape index (κ2) is 7.80. The van der Waals surface area contributed by atoms with Gasteiger partial charge in [0.2, 0.25) is 5.75 Å². The molecule has 1 heterocycles. The van der Waals surface area contributed by atoms with Crippen molar-refractivity contribution in [3.8, 4) is 11.5 Å². The topological polar surface area (TPSA) is 114 Å². The number of hydrogen-bond donors (Lipinski definition) is 2. The number of halogens is 1. The van der Waals surface area contributed by atoms with E-state index in [1.54, 1.807) is 12.1 Å². The number of hydrogen-bond acceptors (Lipinski definition) is 7. The zero-order valence-corrected chi connectivity index (χ0v) is 16.2. The van der Waals surface area contributed by atoms with Gasteiger partial charge in [-0.1, -0.05) is 22.0 Å². The molecule has 0 aliphatic carbocycles. The predicted molar refractivity (Wildman–Crippen MR) is 106 cm³/mol. The van der Waals surface area contributed by atoms with Crippen LogP contribution >= 0.6 is 27.7 Å². The van der Waals surface area contributed by atoms with Crippen molar-refractivity contribution in [1.82, 2.24) is 5.32 Å². The van der Waals surface area contributed by atoms with Gasteiger partial charge in [0, 0.05) is 10.5 Å². The number of aliphatic imine (C=N–C) groups is 1. The lowest BCUT2D eigenvalue weighted by Gasteiger charge is -2.05. The SMILES string of the molecule is COc1cc(/C=C2\SC(=Nc3cccc(Br)c3)NC2=O)cc([N+](=O)[O-])c1O. The Kier molecular flexibility index (Phi) is 5.47. The average Bonchev–Trinajstić information content (AvgIpc) is 2.95. The van der Waals surface area contributed by atoms with Crippen molar-refractivity contribution in [1.29, 1.82) is 0 Å². The van der Waals surface area contributed by atoms with Gasteiger partial charge in [0.25, 0.3) is 5.91 Å². The van der Waals surface area contributed by atoms with Gasteiger partial charge < -0.3 is 15.2 Å². The van der Waals surface area contributed by atoms with Crippen LogP contribution in [-0.2, 0) is 4.79 Å². The molecule has 27 heavy (non-hydrogen) atoms. The third-order valence-corrected chi connectivity index (χ3v) is 4.88. The van der Waals surface area contributed by atoms with Crippen LogP contribution in [0, 0.1) is 10.1 Å². The molecule has 3 rings (SSSR count). The van der Waals surface area contributed by atoms with E-state index in [1.165, 1.54) is 25.3 Å². The van der Waals surface area contributed by atoms with Gasteiger partial charge in [0.05, 0.1) is 22.6 Å². The molecule has 138 valence electrons. The van der Waals surface area contributed by atoms with E-state index in [9.17, 15) is 20.0 Å². The molecule has 2 aromatic rings. The van der Waals surface area contributed by atoms with Crippen molar-refractivity contribution in [2.45, 2.75) is 0 Å². The molecule has 0 saturated carbocycles. The van der Waals surface area contributed by atoms with E-state index in [0.717, 1.165) is 16.2 Å². The highest BCUT2D eigenvalue weighted by molar-refractivity contribution is 9.10. The molecule has 0 unspecified atom stereocenters. The first-order chi connectivity index (χ1) is 12.9. The molecule has 10 heteroatoms. The lowest BCUT2D eigenvalue weighted by atomic mass is 10.1. The number of aromatic hydroxyl groups is 1. The highest BCUT2D eigenvalue weighted by Gasteiger charge is 2.25. The Bertz CT molecular complexity index is 1010. The molecule has 2 aromatic carbocycles. The summed E-state index contributed by atoms with van der Waals surface area (Å²) in [6, 6.07) is 9.86. The van der Waals surface area contributed by atoms with Crippen LogP contribution in [0.25, 0.3) is 6.08 Å². The van der Waals surface area contributed by atoms with Gasteiger partial charge in [-0.3, -0.25) is 14.9 Å². The van der Waals surface area contributed by atoms with E-state index in [-0.39, 0.29) is 11.7 Å². The Morgan fingerprint density at radius 1 is 1.37 bits per heavy atom. The summed E-state index contributed by atoms with van der Waals surface area (Å²) in [6.45, 7) is 0. The minimum absolute atomic E-state index is 0.0533. The van der Waals surface area contributed by atoms with Crippen LogP contribution in [0.2, 0.25) is 0 Å². The van der Waals surface area contributed by atoms with Gasteiger partial charge in [-0.05, 0) is 47.7 Å². The summed E-state index contributed by atoms with van der Waals surface area (Å²) in [4.78, 5) is 27.2. The zero-order valence-electron chi connectivity index (χ0n) is 13.8. The van der Waals surface area contributed by atoms with Crippen molar-refractivity contribution < 1.29 is 19.6 Å². The first-order valence-corrected chi connectivity index (χ1v) is 9.09. The highest BCUT2D eigenvalue weighted by Crippen LogP contribution is 2.38. The van der Waals surface area contributed by atoms with E-state index in [4.69, 9.17) is 4.74 Å². The van der Waals surface area contributed by atoms with Gasteiger partial charge in [-0.15, -0.1) is 0 Å². The lowest BCUT2D eigenvalue weighted by Crippen LogP contribution is -2.19. The first-order valence-electron chi connectivity index (χ1n) is 7.48. The summed E-state index contributed by atoms with van der Waals surface area (Å²) in [5.74, 6) is -0.990. The van der Waals surface area contributed by atoms with Crippen LogP contribution in [-0.4, -0.2) is 28.2 Å². The van der Waals surface area contributed by atoms with Gasteiger partial charge >= 0.3 is 5.69 Å². The monoisotopic (exact) mass is 449 g/mol. The maximum atomic E-state index is 12.2. The maximum Gasteiger partial charge on any atom is 0.315 e. The van der Waals surface area contributed by atoms with Crippen LogP contribution < -0.4 is 10.1 Å². The fraction of sp³-hybridized carbons (Fsp3) is 0.0588. The second-order valence-corrected chi connectivity index (χ2v) is 7.26. The van der Waals surface area contributed by atoms with E-state index in [1.807, 2.05) is 12.1 Å². The Balaban J connectivity index is 1.93. The summed E-state index contributed by atoms with van der Waals surface area (Å²) >= 11 is 4.46. The number of carbonyl (C=O) groups excluding carboxylic acids is 1. The van der Waals surface area contributed by atoms with Crippen molar-refractivity contribution in [2.75, 3.05) is 7.11 Å². The molecule has 2 N–H and O–H groups in total. The molecule has 1 aliphatic rings. The average molecular weight is 450 g/mol. The summed E-state index contributed by atoms with van der Waals surface area (Å²) < 4.78 is 5.82. The number of amidine groups is 1. The fourth-order valence-electron chi connectivity index (χ4n) is 2.29. The number of amides is 1. The predicted octanol–water partition coefficient (Wildman–Crippen LogP) is 3.96. The second-order valence-electron chi connectivity index (χ2n) is 5.31. The number of benzene rings is 2. The van der Waals surface area contributed by atoms with Gasteiger partial charge in [-0.25, -0.2) is 4.99 Å². The normalized spacial score (nSPS) is 16.6. The quantitative estimate of drug-likeness (QED) is 0.414. The van der Waals surface area contributed by atoms with E-state index < -0.39 is 16.4 Å². The maximum absolute atomic E-state index is 12.2. The van der Waals surface area contributed by atoms with Crippen molar-refractivity contribution in [3.05, 3.63) is 61.5 Å². The summed E-state index contributed by atoms with van der Waals surface area (Å²) in [5, 5.41) is 24.0. The molecular formula is C17H12BrN3O5S. The standard InChI is InChI=1S/C17H12BrN3O5S/c1-26-13-6-9(5-12(15(13)22)21(24)25)7-14-16(23)20-17(27-14)19-11-4-2-3-10(18)8-11/h2-8,22H,1H3,(H,19,20,23)/b14-7-. The number of ether oxygens (including phenoxy) is 1. The number of nitro groups is 1. The molecule has 0 spiro atoms. The smallest absolute Gasteiger partial charge is 0.315 e. The largest absolute Gasteiger partial charge is 0.500 e. The Morgan fingerprint density at radius 3 is 2.81 bits per heavy atom. The molecule has 8 nitrogen and oxygen atoms in total. The van der Waals surface area contributed by atoms with E-state index in [0.29, 0.717) is 21.3 Å². The van der Waals surface area contributed by atoms with E-state index >= 15 is 0 Å². The van der Waals surface area contributed by atoms with Crippen LogP contribution in [0.3, 0.4) is 0 Å². The molecule has 1 fully saturated rings. The zero-order chi connectivity index (χ0) is 19.6. The summed E-state index contributed by atoms with van der Waals surface area (Å²) in [7, 11) is 1.29. The van der Waals surface area contributed by atoms with Crippen LogP contribution in [0.15, 0.2) is 50.8 Å². The molecule has 0 bridgehead atoms. The van der Waals surface area contributed by atoms with Crippen LogP contribution in [0.5, 0.6) is 11.5 Å². The molecule has 0 atom stereocenters. The molecule has 1 aliphatic heterocycles. The molecule has 0 radical (unpaired) electrons. The van der Waals surface area contributed by atoms with Crippen LogP contribution in [0.4, 0.5) is 11.4 Å². The fourth-order valence-corrected chi connectivity index (χ4v) is 3.52. The summed E-state index contributed by atoms with van der Waals surface area (Å²) in [5.41, 5.74) is 0.501. The number of rotatable bonds is 4. The third kappa shape index (κ3) is 4.29. The molecule has 0 aromatic heterocycles. The van der Waals surface area contributed by atoms with Crippen molar-refractivity contribution >= 4 is 56.2 Å². The Morgan fingerprint density at radius 2 is 2.15 bits per heavy atom. The number of methoxy groups -OCH3 is 1. The van der Waals surface area contributed by atoms with Crippen LogP contribution in [0.1, 0.15) is 5.56 Å². The van der Waals surface area contributed by atoms with Crippen molar-refractivity contribution in [2.24, 2.45) is 4.99 Å². The number of phenols is 1. The van der Waals surface area contributed by atoms with E-state index in [2.05, 4.69) is 26.2 Å². The third-order valence-electron chi connectivity index (χ3n) is 3.48. The number of nitrogens with one attached hydrogen (secondary N) is 1. The Labute approximate surface area is 166 Å². The number of nitro benzene ring substituents is 1. The first kappa shape index (κ1) is 18.9. The molecule has 1 saturated heterocycles. The minimum Gasteiger partial charge on any atom is -0.500 e. The summed E-state index contributed by atoms with van der Waals surface area (Å²) in [6.07, 6.45) is 1.47. The number of nitrogens with zero attached hydrogens (tertiary/aromatic N) is 2. The van der Waals surface area contributed by atoms with Gasteiger partial charge in [-0.2, -0.15) is 0 Å². The number of thioether (sulfide) groups is 1.